The number of carbonyl (C=O) groups is 1. The van der Waals surface area contributed by atoms with Crippen molar-refractivity contribution in [2.24, 2.45) is 14.1 Å². The molecule has 5 aromatic rings. The Morgan fingerprint density at radius 3 is 2.00 bits per heavy atom. The zero-order valence-corrected chi connectivity index (χ0v) is 20.6. The van der Waals surface area contributed by atoms with E-state index in [1.54, 1.807) is 23.7 Å². The molecule has 0 saturated carbocycles. The minimum Gasteiger partial charge on any atom is -0.297 e. The number of ketones is 1. The fourth-order valence-electron chi connectivity index (χ4n) is 4.29. The Morgan fingerprint density at radius 2 is 1.37 bits per heavy atom. The van der Waals surface area contributed by atoms with Gasteiger partial charge >= 0.3 is 5.69 Å². The summed E-state index contributed by atoms with van der Waals surface area (Å²) in [6.07, 6.45) is 0. The molecule has 0 radical (unpaired) electrons. The van der Waals surface area contributed by atoms with Crippen LogP contribution in [0, 0.1) is 0 Å². The highest BCUT2D eigenvalue weighted by atomic mass is 79.9. The van der Waals surface area contributed by atoms with Crippen molar-refractivity contribution in [3.05, 3.63) is 122 Å². The van der Waals surface area contributed by atoms with E-state index in [-0.39, 0.29) is 21.7 Å². The first-order valence-corrected chi connectivity index (χ1v) is 11.8. The van der Waals surface area contributed by atoms with Crippen molar-refractivity contribution in [2.75, 3.05) is 0 Å². The third kappa shape index (κ3) is 3.85. The van der Waals surface area contributed by atoms with Gasteiger partial charge in [0.15, 0.2) is 21.7 Å². The standard InChI is InChI=1S/C27H21BrN4O3/c1-30-24-22(25(34)31(2)27(30)35)32(26(28)29-24)21(19-11-7-4-8-12-19)23(33)20-15-13-18(14-16-20)17-9-5-3-6-10-17/h3-16,21H,1-2H3. The van der Waals surface area contributed by atoms with Gasteiger partial charge in [0.2, 0.25) is 0 Å². The fourth-order valence-corrected chi connectivity index (χ4v) is 4.84. The van der Waals surface area contributed by atoms with Gasteiger partial charge in [-0.25, -0.2) is 9.78 Å². The van der Waals surface area contributed by atoms with Crippen LogP contribution >= 0.6 is 15.9 Å². The number of fused-ring (bicyclic) bond motifs is 1. The summed E-state index contributed by atoms with van der Waals surface area (Å²) in [6.45, 7) is 0. The molecule has 35 heavy (non-hydrogen) atoms. The van der Waals surface area contributed by atoms with Gasteiger partial charge in [-0.2, -0.15) is 0 Å². The van der Waals surface area contributed by atoms with Gasteiger partial charge in [0.1, 0.15) is 6.04 Å². The van der Waals surface area contributed by atoms with Crippen LogP contribution in [0.1, 0.15) is 22.0 Å². The zero-order chi connectivity index (χ0) is 24.7. The Kier molecular flexibility index (Phi) is 5.82. The van der Waals surface area contributed by atoms with Gasteiger partial charge < -0.3 is 0 Å². The van der Waals surface area contributed by atoms with Crippen LogP contribution in [0.3, 0.4) is 0 Å². The van der Waals surface area contributed by atoms with E-state index >= 15 is 0 Å². The maximum atomic E-state index is 14.0. The summed E-state index contributed by atoms with van der Waals surface area (Å²) in [4.78, 5) is 44.1. The smallest absolute Gasteiger partial charge is 0.297 e. The molecule has 8 heteroatoms. The number of imidazole rings is 1. The second-order valence-electron chi connectivity index (χ2n) is 8.25. The maximum absolute atomic E-state index is 14.0. The number of hydrogen-bond acceptors (Lipinski definition) is 4. The predicted octanol–water partition coefficient (Wildman–Crippen LogP) is 4.34. The second-order valence-corrected chi connectivity index (χ2v) is 8.96. The molecular weight excluding hydrogens is 508 g/mol. The Balaban J connectivity index is 1.70. The molecule has 0 aliphatic heterocycles. The molecule has 5 rings (SSSR count). The van der Waals surface area contributed by atoms with Gasteiger partial charge in [-0.05, 0) is 32.6 Å². The molecule has 0 amide bonds. The Labute approximate surface area is 209 Å². The van der Waals surface area contributed by atoms with Gasteiger partial charge in [-0.1, -0.05) is 84.9 Å². The first kappa shape index (κ1) is 22.7. The molecule has 2 aromatic heterocycles. The summed E-state index contributed by atoms with van der Waals surface area (Å²) in [7, 11) is 2.96. The third-order valence-corrected chi connectivity index (χ3v) is 6.71. The Morgan fingerprint density at radius 1 is 0.800 bits per heavy atom. The monoisotopic (exact) mass is 528 g/mol. The van der Waals surface area contributed by atoms with Crippen molar-refractivity contribution >= 4 is 32.9 Å². The van der Waals surface area contributed by atoms with E-state index < -0.39 is 17.3 Å². The van der Waals surface area contributed by atoms with Crippen molar-refractivity contribution in [3.63, 3.8) is 0 Å². The number of halogens is 1. The topological polar surface area (TPSA) is 78.9 Å². The van der Waals surface area contributed by atoms with E-state index in [2.05, 4.69) is 20.9 Å². The molecule has 0 aliphatic rings. The van der Waals surface area contributed by atoms with E-state index in [4.69, 9.17) is 0 Å². The van der Waals surface area contributed by atoms with Gasteiger partial charge in [-0.15, -0.1) is 0 Å². The molecule has 0 saturated heterocycles. The second kappa shape index (κ2) is 8.96. The molecule has 0 N–H and O–H groups in total. The molecular formula is C27H21BrN4O3. The van der Waals surface area contributed by atoms with E-state index in [0.29, 0.717) is 11.1 Å². The summed E-state index contributed by atoms with van der Waals surface area (Å²) < 4.78 is 4.18. The van der Waals surface area contributed by atoms with Crippen LogP contribution in [-0.4, -0.2) is 24.5 Å². The number of carbonyl (C=O) groups excluding carboxylic acids is 1. The lowest BCUT2D eigenvalue weighted by atomic mass is 9.95. The third-order valence-electron chi connectivity index (χ3n) is 6.15. The predicted molar refractivity (Wildman–Crippen MR) is 139 cm³/mol. The average Bonchev–Trinajstić information content (AvgIpc) is 3.24. The van der Waals surface area contributed by atoms with Crippen LogP contribution in [0.15, 0.2) is 99.3 Å². The van der Waals surface area contributed by atoms with Crippen LogP contribution in [0.2, 0.25) is 0 Å². The first-order valence-electron chi connectivity index (χ1n) is 11.0. The van der Waals surface area contributed by atoms with Crippen LogP contribution in [0.25, 0.3) is 22.3 Å². The number of aryl methyl sites for hydroxylation is 1. The molecule has 7 nitrogen and oxygen atoms in total. The molecule has 1 atom stereocenters. The van der Waals surface area contributed by atoms with E-state index in [0.717, 1.165) is 15.7 Å². The highest BCUT2D eigenvalue weighted by Crippen LogP contribution is 2.31. The SMILES string of the molecule is Cn1c(=O)c2c(nc(Br)n2C(C(=O)c2ccc(-c3ccccc3)cc2)c2ccccc2)n(C)c1=O. The zero-order valence-electron chi connectivity index (χ0n) is 19.1. The summed E-state index contributed by atoms with van der Waals surface area (Å²) in [5.74, 6) is -0.202. The molecule has 0 fully saturated rings. The quantitative estimate of drug-likeness (QED) is 0.251. The van der Waals surface area contributed by atoms with Crippen molar-refractivity contribution in [2.45, 2.75) is 6.04 Å². The number of Topliss-reactive ketones (excluding diaryl/α,β-unsaturated/α-hetero) is 1. The van der Waals surface area contributed by atoms with Crippen LogP contribution < -0.4 is 11.2 Å². The summed E-state index contributed by atoms with van der Waals surface area (Å²) >= 11 is 3.44. The normalized spacial score (nSPS) is 12.1. The summed E-state index contributed by atoms with van der Waals surface area (Å²) in [5, 5.41) is 0. The number of aromatic nitrogens is 4. The Hall–Kier alpha value is -4.04. The van der Waals surface area contributed by atoms with E-state index in [9.17, 15) is 14.4 Å². The van der Waals surface area contributed by atoms with Crippen LogP contribution in [-0.2, 0) is 14.1 Å². The van der Waals surface area contributed by atoms with Crippen molar-refractivity contribution < 1.29 is 4.79 Å². The van der Waals surface area contributed by atoms with Crippen LogP contribution in [0.4, 0.5) is 0 Å². The van der Waals surface area contributed by atoms with E-state index in [1.165, 1.54) is 11.6 Å². The minimum atomic E-state index is -0.872. The summed E-state index contributed by atoms with van der Waals surface area (Å²) in [5.41, 5.74) is 2.61. The number of benzene rings is 3. The maximum Gasteiger partial charge on any atom is 0.332 e. The first-order chi connectivity index (χ1) is 16.9. The lowest BCUT2D eigenvalue weighted by molar-refractivity contribution is 0.0946. The molecule has 3 aromatic carbocycles. The van der Waals surface area contributed by atoms with Crippen LogP contribution in [0.5, 0.6) is 0 Å². The lowest BCUT2D eigenvalue weighted by Gasteiger charge is -2.20. The average molecular weight is 529 g/mol. The van der Waals surface area contributed by atoms with E-state index in [1.807, 2.05) is 72.8 Å². The molecule has 0 aliphatic carbocycles. The lowest BCUT2D eigenvalue weighted by Crippen LogP contribution is -2.38. The van der Waals surface area contributed by atoms with Gasteiger partial charge in [0.05, 0.1) is 0 Å². The van der Waals surface area contributed by atoms with Gasteiger partial charge in [0, 0.05) is 19.7 Å². The van der Waals surface area contributed by atoms with Crippen molar-refractivity contribution in [1.82, 2.24) is 18.7 Å². The highest BCUT2D eigenvalue weighted by molar-refractivity contribution is 9.10. The molecule has 0 spiro atoms. The van der Waals surface area contributed by atoms with Gasteiger partial charge in [0.25, 0.3) is 5.56 Å². The number of hydrogen-bond donors (Lipinski definition) is 0. The molecule has 0 bridgehead atoms. The number of nitrogens with zero attached hydrogens (tertiary/aromatic N) is 4. The fraction of sp³-hybridized carbons (Fsp3) is 0.111. The number of rotatable bonds is 5. The van der Waals surface area contributed by atoms with Crippen molar-refractivity contribution in [1.29, 1.82) is 0 Å². The molecule has 174 valence electrons. The largest absolute Gasteiger partial charge is 0.332 e. The minimum absolute atomic E-state index is 0.171. The molecule has 2 heterocycles. The molecule has 1 unspecified atom stereocenters. The summed E-state index contributed by atoms with van der Waals surface area (Å²) in [6, 6.07) is 25.7. The van der Waals surface area contributed by atoms with Crippen molar-refractivity contribution in [3.8, 4) is 11.1 Å². The van der Waals surface area contributed by atoms with Gasteiger partial charge in [-0.3, -0.25) is 23.3 Å². The highest BCUT2D eigenvalue weighted by Gasteiger charge is 2.30. The Bertz CT molecular complexity index is 1670.